The van der Waals surface area contributed by atoms with Crippen LogP contribution in [0.4, 0.5) is 0 Å². The normalized spacial score (nSPS) is 19.3. The lowest BCUT2D eigenvalue weighted by atomic mass is 10.1. The van der Waals surface area contributed by atoms with Gasteiger partial charge in [-0.3, -0.25) is 4.79 Å². The average Bonchev–Trinajstić information content (AvgIpc) is 3.39. The smallest absolute Gasteiger partial charge is 0.257 e. The molecule has 1 aliphatic heterocycles. The third-order valence-electron chi connectivity index (χ3n) is 5.83. The van der Waals surface area contributed by atoms with E-state index >= 15 is 0 Å². The van der Waals surface area contributed by atoms with Gasteiger partial charge in [-0.05, 0) is 51.7 Å². The van der Waals surface area contributed by atoms with Crippen molar-refractivity contribution in [2.24, 2.45) is 0 Å². The number of aliphatic hydroxyl groups excluding tert-OH is 1. The minimum absolute atomic E-state index is 0.0534. The van der Waals surface area contributed by atoms with Gasteiger partial charge in [0.15, 0.2) is 0 Å². The van der Waals surface area contributed by atoms with E-state index in [9.17, 15) is 9.90 Å². The van der Waals surface area contributed by atoms with E-state index in [1.807, 2.05) is 6.07 Å². The van der Waals surface area contributed by atoms with E-state index in [1.54, 1.807) is 33.3 Å². The van der Waals surface area contributed by atoms with Crippen LogP contribution >= 0.6 is 11.3 Å². The second-order valence-electron chi connectivity index (χ2n) is 8.25. The molecular formula is C22H25N5O2S. The van der Waals surface area contributed by atoms with Gasteiger partial charge in [0.25, 0.3) is 11.9 Å². The fourth-order valence-corrected chi connectivity index (χ4v) is 5.16. The molecule has 30 heavy (non-hydrogen) atoms. The lowest BCUT2D eigenvalue weighted by molar-refractivity contribution is 0.0472. The maximum absolute atomic E-state index is 13.2. The van der Waals surface area contributed by atoms with Crippen LogP contribution in [0.15, 0.2) is 24.5 Å². The number of aliphatic hydroxyl groups is 1. The Morgan fingerprint density at radius 2 is 2.10 bits per heavy atom. The summed E-state index contributed by atoms with van der Waals surface area (Å²) in [5.41, 5.74) is 3.49. The van der Waals surface area contributed by atoms with Crippen LogP contribution in [0.5, 0.6) is 0 Å². The first kappa shape index (κ1) is 19.4. The van der Waals surface area contributed by atoms with Crippen molar-refractivity contribution >= 4 is 17.2 Å². The first-order chi connectivity index (χ1) is 14.5. The van der Waals surface area contributed by atoms with E-state index in [-0.39, 0.29) is 5.91 Å². The highest BCUT2D eigenvalue weighted by Crippen LogP contribution is 2.42. The fraction of sp³-hybridized carbons (Fsp3) is 0.455. The van der Waals surface area contributed by atoms with Crippen LogP contribution in [0.25, 0.3) is 17.2 Å². The van der Waals surface area contributed by atoms with Crippen LogP contribution < -0.4 is 0 Å². The van der Waals surface area contributed by atoms with E-state index in [4.69, 9.17) is 4.98 Å². The SMILES string of the molecule is Cc1cc(-c2ccnc(-n3ncc(C(=O)N4CCC[C@@H](O)C4)c3C3CC3)n2)c(C)s1. The molecule has 2 fully saturated rings. The molecule has 1 N–H and O–H groups in total. The molecule has 1 amide bonds. The summed E-state index contributed by atoms with van der Waals surface area (Å²) < 4.78 is 1.74. The second kappa shape index (κ2) is 7.59. The number of nitrogens with zero attached hydrogens (tertiary/aromatic N) is 5. The van der Waals surface area contributed by atoms with Gasteiger partial charge in [-0.25, -0.2) is 14.6 Å². The van der Waals surface area contributed by atoms with Gasteiger partial charge in [0.05, 0.1) is 29.3 Å². The molecule has 0 bridgehead atoms. The maximum atomic E-state index is 13.2. The Morgan fingerprint density at radius 1 is 1.27 bits per heavy atom. The summed E-state index contributed by atoms with van der Waals surface area (Å²) in [5, 5.41) is 14.5. The summed E-state index contributed by atoms with van der Waals surface area (Å²) in [7, 11) is 0. The Morgan fingerprint density at radius 3 is 2.80 bits per heavy atom. The highest BCUT2D eigenvalue weighted by molar-refractivity contribution is 7.12. The molecule has 4 heterocycles. The predicted molar refractivity (Wildman–Crippen MR) is 115 cm³/mol. The molecule has 0 spiro atoms. The number of rotatable bonds is 4. The van der Waals surface area contributed by atoms with Gasteiger partial charge in [0, 0.05) is 40.5 Å². The third kappa shape index (κ3) is 3.54. The number of likely N-dealkylation sites (tertiary alicyclic amines) is 1. The summed E-state index contributed by atoms with van der Waals surface area (Å²) in [6, 6.07) is 4.06. The van der Waals surface area contributed by atoms with E-state index in [2.05, 4.69) is 30.0 Å². The zero-order valence-electron chi connectivity index (χ0n) is 17.2. The zero-order valence-corrected chi connectivity index (χ0v) is 18.0. The topological polar surface area (TPSA) is 84.1 Å². The van der Waals surface area contributed by atoms with E-state index < -0.39 is 6.10 Å². The Labute approximate surface area is 179 Å². The van der Waals surface area contributed by atoms with Gasteiger partial charge in [-0.2, -0.15) is 5.10 Å². The molecule has 1 saturated carbocycles. The Balaban J connectivity index is 1.52. The van der Waals surface area contributed by atoms with Crippen molar-refractivity contribution in [1.82, 2.24) is 24.6 Å². The lowest BCUT2D eigenvalue weighted by Crippen LogP contribution is -2.42. The van der Waals surface area contributed by atoms with Gasteiger partial charge < -0.3 is 10.0 Å². The molecule has 3 aromatic rings. The number of hydrogen-bond donors (Lipinski definition) is 1. The van der Waals surface area contributed by atoms with Crippen LogP contribution in [0, 0.1) is 13.8 Å². The van der Waals surface area contributed by atoms with Crippen LogP contribution in [0.3, 0.4) is 0 Å². The van der Waals surface area contributed by atoms with Crippen molar-refractivity contribution in [2.45, 2.75) is 51.6 Å². The van der Waals surface area contributed by atoms with E-state index in [1.165, 1.54) is 9.75 Å². The summed E-state index contributed by atoms with van der Waals surface area (Å²) in [5.74, 6) is 0.747. The number of carbonyl (C=O) groups excluding carboxylic acids is 1. The van der Waals surface area contributed by atoms with E-state index in [0.29, 0.717) is 30.5 Å². The Kier molecular flexibility index (Phi) is 4.91. The molecule has 156 valence electrons. The highest BCUT2D eigenvalue weighted by Gasteiger charge is 2.35. The van der Waals surface area contributed by atoms with Crippen molar-refractivity contribution in [2.75, 3.05) is 13.1 Å². The number of aromatic nitrogens is 4. The first-order valence-electron chi connectivity index (χ1n) is 10.5. The highest BCUT2D eigenvalue weighted by atomic mass is 32.1. The molecule has 1 atom stereocenters. The molecule has 8 heteroatoms. The van der Waals surface area contributed by atoms with Crippen LogP contribution in [-0.2, 0) is 0 Å². The van der Waals surface area contributed by atoms with Gasteiger partial charge in [-0.15, -0.1) is 11.3 Å². The average molecular weight is 424 g/mol. The van der Waals surface area contributed by atoms with Crippen LogP contribution in [0.1, 0.15) is 57.4 Å². The van der Waals surface area contributed by atoms with E-state index in [0.717, 1.165) is 42.6 Å². The van der Waals surface area contributed by atoms with Crippen molar-refractivity contribution in [1.29, 1.82) is 0 Å². The molecule has 1 saturated heterocycles. The minimum Gasteiger partial charge on any atom is -0.391 e. The van der Waals surface area contributed by atoms with Gasteiger partial charge >= 0.3 is 0 Å². The zero-order chi connectivity index (χ0) is 20.8. The number of amides is 1. The molecule has 5 rings (SSSR count). The predicted octanol–water partition coefficient (Wildman–Crippen LogP) is 3.48. The van der Waals surface area contributed by atoms with Crippen LogP contribution in [0.2, 0.25) is 0 Å². The molecule has 0 aromatic carbocycles. The number of thiophene rings is 1. The number of carbonyl (C=O) groups is 1. The van der Waals surface area contributed by atoms with Gasteiger partial charge in [-0.1, -0.05) is 0 Å². The quantitative estimate of drug-likeness (QED) is 0.695. The molecule has 0 radical (unpaired) electrons. The molecule has 0 unspecified atom stereocenters. The summed E-state index contributed by atoms with van der Waals surface area (Å²) in [4.78, 5) is 26.7. The van der Waals surface area contributed by atoms with Crippen molar-refractivity contribution in [3.63, 3.8) is 0 Å². The third-order valence-corrected chi connectivity index (χ3v) is 6.80. The summed E-state index contributed by atoms with van der Waals surface area (Å²) in [6.45, 7) is 5.25. The van der Waals surface area contributed by atoms with Crippen molar-refractivity contribution < 1.29 is 9.90 Å². The lowest BCUT2D eigenvalue weighted by Gasteiger charge is -2.30. The standard InChI is InChI=1S/C22H25N5O2S/c1-13-10-17(14(2)30-13)19-7-8-23-22(25-19)27-20(15-5-6-15)18(11-24-27)21(29)26-9-3-4-16(28)12-26/h7-8,10-11,15-16,28H,3-6,9,12H2,1-2H3/t16-/m1/s1. The van der Waals surface area contributed by atoms with Crippen LogP contribution in [-0.4, -0.2) is 54.9 Å². The van der Waals surface area contributed by atoms with Gasteiger partial charge in [0.2, 0.25) is 0 Å². The molecule has 3 aromatic heterocycles. The maximum Gasteiger partial charge on any atom is 0.257 e. The monoisotopic (exact) mass is 423 g/mol. The van der Waals surface area contributed by atoms with Crippen molar-refractivity contribution in [3.8, 4) is 17.2 Å². The minimum atomic E-state index is -0.445. The Hall–Kier alpha value is -2.58. The summed E-state index contributed by atoms with van der Waals surface area (Å²) >= 11 is 1.75. The van der Waals surface area contributed by atoms with Gasteiger partial charge in [0.1, 0.15) is 0 Å². The fourth-order valence-electron chi connectivity index (χ4n) is 4.23. The molecule has 7 nitrogen and oxygen atoms in total. The van der Waals surface area contributed by atoms with Crippen molar-refractivity contribution in [3.05, 3.63) is 45.5 Å². The number of β-amino-alcohol motifs (C(OH)–C–C–N with tert-alkyl or cyclic N) is 1. The molecule has 1 aliphatic carbocycles. The molecule has 2 aliphatic rings. The number of hydrogen-bond acceptors (Lipinski definition) is 6. The number of piperidine rings is 1. The molecular weight excluding hydrogens is 398 g/mol. The summed E-state index contributed by atoms with van der Waals surface area (Å²) in [6.07, 6.45) is 6.61. The Bertz CT molecular complexity index is 1100. The largest absolute Gasteiger partial charge is 0.391 e. The first-order valence-corrected chi connectivity index (χ1v) is 11.3. The second-order valence-corrected chi connectivity index (χ2v) is 9.71. The number of aryl methyl sites for hydroxylation is 2.